The van der Waals surface area contributed by atoms with E-state index in [1.54, 1.807) is 12.1 Å². The lowest BCUT2D eigenvalue weighted by Crippen LogP contribution is -2.44. The largest absolute Gasteiger partial charge is 0.493 e. The Morgan fingerprint density at radius 3 is 2.05 bits per heavy atom. The number of anilines is 1. The molecule has 0 saturated carbocycles. The van der Waals surface area contributed by atoms with E-state index in [-0.39, 0.29) is 45.7 Å². The molecule has 5 rings (SSSR count). The van der Waals surface area contributed by atoms with Crippen molar-refractivity contribution in [1.82, 2.24) is 4.90 Å². The third-order valence-electron chi connectivity index (χ3n) is 9.06. The highest BCUT2D eigenvalue weighted by Gasteiger charge is 2.48. The Morgan fingerprint density at radius 2 is 1.52 bits per heavy atom. The number of halogens is 1. The molecular weight excluding hydrogens is 576 g/mol. The number of methoxy groups -OCH3 is 1. The first kappa shape index (κ1) is 31.8. The minimum atomic E-state index is -0.552. The van der Waals surface area contributed by atoms with Gasteiger partial charge in [0.1, 0.15) is 0 Å². The lowest BCUT2D eigenvalue weighted by molar-refractivity contribution is -0.120. The van der Waals surface area contributed by atoms with Crippen molar-refractivity contribution in [2.75, 3.05) is 25.6 Å². The van der Waals surface area contributed by atoms with E-state index >= 15 is 0 Å². The molecule has 1 aliphatic heterocycles. The third kappa shape index (κ3) is 6.03. The van der Waals surface area contributed by atoms with Gasteiger partial charge in [-0.15, -0.1) is 0 Å². The van der Waals surface area contributed by atoms with Gasteiger partial charge in [-0.1, -0.05) is 45.4 Å². The van der Waals surface area contributed by atoms with E-state index in [2.05, 4.69) is 44.8 Å². The second-order valence-corrected chi connectivity index (χ2v) is 14.4. The Hall–Kier alpha value is -3.58. The summed E-state index contributed by atoms with van der Waals surface area (Å²) in [7, 11) is 1.51. The minimum absolute atomic E-state index is 0.0577. The molecule has 2 aliphatic carbocycles. The standard InChI is InChI=1S/C36H43ClN2O5/c1-9-39-25-15-35(4,5)17-27(40)32(25)31(33-26(39)16-36(6,7)18-28(33)41)22-13-24(37)34(29(14-22)43-8)44-19-30(42)38-23-11-10-20(2)21(3)12-23/h10-14,31H,9,15-19H2,1-8H3,(H,38,42). The first-order valence-electron chi connectivity index (χ1n) is 15.3. The number of carbonyl (C=O) groups is 3. The van der Waals surface area contributed by atoms with Gasteiger partial charge in [0.05, 0.1) is 12.1 Å². The number of allylic oxidation sites excluding steroid dienone is 4. The zero-order chi connectivity index (χ0) is 32.1. The maximum absolute atomic E-state index is 13.9. The van der Waals surface area contributed by atoms with Crippen LogP contribution in [0.3, 0.4) is 0 Å². The van der Waals surface area contributed by atoms with Crippen molar-refractivity contribution >= 4 is 34.8 Å². The number of amides is 1. The molecule has 1 N–H and O–H groups in total. The second-order valence-electron chi connectivity index (χ2n) is 13.9. The lowest BCUT2D eigenvalue weighted by Gasteiger charge is -2.49. The van der Waals surface area contributed by atoms with Gasteiger partial charge >= 0.3 is 0 Å². The minimum Gasteiger partial charge on any atom is -0.493 e. The fourth-order valence-corrected chi connectivity index (χ4v) is 7.24. The van der Waals surface area contributed by atoms with Crippen molar-refractivity contribution in [3.63, 3.8) is 0 Å². The Balaban J connectivity index is 1.53. The molecule has 0 fully saturated rings. The predicted octanol–water partition coefficient (Wildman–Crippen LogP) is 7.69. The van der Waals surface area contributed by atoms with Gasteiger partial charge in [0.2, 0.25) is 0 Å². The van der Waals surface area contributed by atoms with E-state index in [0.29, 0.717) is 47.5 Å². The molecule has 0 spiro atoms. The van der Waals surface area contributed by atoms with E-state index < -0.39 is 5.92 Å². The number of rotatable bonds is 7. The van der Waals surface area contributed by atoms with Crippen molar-refractivity contribution in [1.29, 1.82) is 0 Å². The first-order valence-corrected chi connectivity index (χ1v) is 15.7. The van der Waals surface area contributed by atoms with Crippen LogP contribution in [0.1, 0.15) is 82.9 Å². The van der Waals surface area contributed by atoms with Crippen LogP contribution in [-0.4, -0.2) is 42.6 Å². The van der Waals surface area contributed by atoms with Crippen LogP contribution >= 0.6 is 11.6 Å². The van der Waals surface area contributed by atoms with Crippen LogP contribution in [0.15, 0.2) is 52.9 Å². The van der Waals surface area contributed by atoms with Crippen molar-refractivity contribution < 1.29 is 23.9 Å². The van der Waals surface area contributed by atoms with Gasteiger partial charge in [-0.2, -0.15) is 0 Å². The number of aryl methyl sites for hydroxylation is 2. The van der Waals surface area contributed by atoms with Gasteiger partial charge in [0, 0.05) is 53.5 Å². The summed E-state index contributed by atoms with van der Waals surface area (Å²) >= 11 is 6.83. The van der Waals surface area contributed by atoms with Crippen LogP contribution in [0.25, 0.3) is 0 Å². The highest BCUT2D eigenvalue weighted by atomic mass is 35.5. The van der Waals surface area contributed by atoms with Gasteiger partial charge in [-0.25, -0.2) is 0 Å². The third-order valence-corrected chi connectivity index (χ3v) is 9.34. The summed E-state index contributed by atoms with van der Waals surface area (Å²) in [5.74, 6) is -0.207. The average Bonchev–Trinajstić information content (AvgIpc) is 2.91. The number of ketones is 2. The molecule has 3 aliphatic rings. The van der Waals surface area contributed by atoms with Crippen LogP contribution in [0.4, 0.5) is 5.69 Å². The van der Waals surface area contributed by atoms with Crippen molar-refractivity contribution in [2.24, 2.45) is 10.8 Å². The first-order chi connectivity index (χ1) is 20.6. The molecule has 44 heavy (non-hydrogen) atoms. The summed E-state index contributed by atoms with van der Waals surface area (Å²) in [5.41, 5.74) is 6.58. The Kier molecular flexibility index (Phi) is 8.49. The van der Waals surface area contributed by atoms with Crippen LogP contribution in [0.5, 0.6) is 11.5 Å². The summed E-state index contributed by atoms with van der Waals surface area (Å²) in [6, 6.07) is 9.26. The summed E-state index contributed by atoms with van der Waals surface area (Å²) < 4.78 is 11.6. The SMILES string of the molecule is CCN1C2=C(C(=O)CC(C)(C)C2)C(c2cc(Cl)c(OCC(=O)Nc3ccc(C)c(C)c3)c(OC)c2)C2=C1CC(C)(C)CC2=O. The highest BCUT2D eigenvalue weighted by Crippen LogP contribution is 2.55. The highest BCUT2D eigenvalue weighted by molar-refractivity contribution is 6.32. The van der Waals surface area contributed by atoms with Gasteiger partial charge in [0.25, 0.3) is 5.91 Å². The number of ether oxygens (including phenoxy) is 2. The molecular formula is C36H43ClN2O5. The summed E-state index contributed by atoms with van der Waals surface area (Å²) in [6.07, 6.45) is 2.30. The van der Waals surface area contributed by atoms with E-state index in [4.69, 9.17) is 21.1 Å². The smallest absolute Gasteiger partial charge is 0.262 e. The molecule has 0 atom stereocenters. The van der Waals surface area contributed by atoms with Crippen molar-refractivity contribution in [3.05, 3.63) is 74.6 Å². The van der Waals surface area contributed by atoms with E-state index in [1.807, 2.05) is 32.0 Å². The van der Waals surface area contributed by atoms with Crippen LogP contribution < -0.4 is 14.8 Å². The van der Waals surface area contributed by atoms with E-state index in [1.165, 1.54) is 7.11 Å². The summed E-state index contributed by atoms with van der Waals surface area (Å²) in [6.45, 7) is 15.0. The molecule has 1 amide bonds. The zero-order valence-electron chi connectivity index (χ0n) is 27.1. The van der Waals surface area contributed by atoms with Crippen LogP contribution in [-0.2, 0) is 14.4 Å². The summed E-state index contributed by atoms with van der Waals surface area (Å²) in [4.78, 5) is 42.8. The van der Waals surface area contributed by atoms with E-state index in [9.17, 15) is 14.4 Å². The molecule has 0 bridgehead atoms. The topological polar surface area (TPSA) is 84.9 Å². The monoisotopic (exact) mass is 618 g/mol. The zero-order valence-corrected chi connectivity index (χ0v) is 27.8. The molecule has 2 aromatic rings. The maximum atomic E-state index is 13.9. The number of hydrogen-bond acceptors (Lipinski definition) is 6. The van der Waals surface area contributed by atoms with Gasteiger partial charge < -0.3 is 19.7 Å². The fourth-order valence-electron chi connectivity index (χ4n) is 6.96. The molecule has 0 saturated heterocycles. The molecule has 234 valence electrons. The molecule has 2 aromatic carbocycles. The van der Waals surface area contributed by atoms with Gasteiger partial charge in [0.15, 0.2) is 29.7 Å². The number of Topliss-reactive ketones (excluding diaryl/α,β-unsaturated/α-hetero) is 2. The number of carbonyl (C=O) groups excluding carboxylic acids is 3. The quantitative estimate of drug-likeness (QED) is 0.342. The predicted molar refractivity (Wildman–Crippen MR) is 173 cm³/mol. The normalized spacial score (nSPS) is 19.5. The van der Waals surface area contributed by atoms with E-state index in [0.717, 1.165) is 35.4 Å². The molecule has 0 radical (unpaired) electrons. The van der Waals surface area contributed by atoms with Gasteiger partial charge in [-0.05, 0) is 85.4 Å². The van der Waals surface area contributed by atoms with Crippen LogP contribution in [0.2, 0.25) is 5.02 Å². The molecule has 8 heteroatoms. The molecule has 0 unspecified atom stereocenters. The lowest BCUT2D eigenvalue weighted by atomic mass is 9.63. The number of hydrogen-bond donors (Lipinski definition) is 1. The molecule has 1 heterocycles. The fraction of sp³-hybridized carbons (Fsp3) is 0.472. The summed E-state index contributed by atoms with van der Waals surface area (Å²) in [5, 5.41) is 3.10. The second kappa shape index (κ2) is 11.7. The average molecular weight is 619 g/mol. The maximum Gasteiger partial charge on any atom is 0.262 e. The Labute approximate surface area is 265 Å². The number of nitrogens with zero attached hydrogens (tertiary/aromatic N) is 1. The number of benzene rings is 2. The van der Waals surface area contributed by atoms with Crippen LogP contribution in [0, 0.1) is 24.7 Å². The number of nitrogens with one attached hydrogen (secondary N) is 1. The molecule has 0 aromatic heterocycles. The van der Waals surface area contributed by atoms with Gasteiger partial charge in [-0.3, -0.25) is 14.4 Å². The Morgan fingerprint density at radius 1 is 0.932 bits per heavy atom. The van der Waals surface area contributed by atoms with Crippen molar-refractivity contribution in [3.8, 4) is 11.5 Å². The van der Waals surface area contributed by atoms with Crippen molar-refractivity contribution in [2.45, 2.75) is 80.1 Å². The Bertz CT molecular complexity index is 1560. The molecule has 7 nitrogen and oxygen atoms in total.